The molecule has 2 aliphatic rings. The van der Waals surface area contributed by atoms with Gasteiger partial charge in [-0.05, 0) is 34.7 Å². The molecule has 0 radical (unpaired) electrons. The highest BCUT2D eigenvalue weighted by Crippen LogP contribution is 2.38. The summed E-state index contributed by atoms with van der Waals surface area (Å²) in [6, 6.07) is 12.3. The Bertz CT molecular complexity index is 717. The van der Waals surface area contributed by atoms with Gasteiger partial charge in [0.25, 0.3) is 0 Å². The first kappa shape index (κ1) is 10.7. The van der Waals surface area contributed by atoms with Crippen LogP contribution in [0.5, 0.6) is 0 Å². The topological polar surface area (TPSA) is 43.4 Å². The molecule has 1 aliphatic carbocycles. The molecule has 1 fully saturated rings. The van der Waals surface area contributed by atoms with Crippen molar-refractivity contribution < 1.29 is 14.3 Å². The van der Waals surface area contributed by atoms with E-state index in [1.54, 1.807) is 0 Å². The van der Waals surface area contributed by atoms with Crippen molar-refractivity contribution in [2.24, 2.45) is 11.8 Å². The molecule has 0 N–H and O–H groups in total. The molecule has 1 aliphatic heterocycles. The number of carbonyl (C=O) groups excluding carboxylic acids is 2. The van der Waals surface area contributed by atoms with Crippen LogP contribution < -0.4 is 0 Å². The van der Waals surface area contributed by atoms with Gasteiger partial charge in [-0.15, -0.1) is 0 Å². The molecule has 2 aromatic carbocycles. The van der Waals surface area contributed by atoms with Gasteiger partial charge < -0.3 is 4.74 Å². The molecule has 4 rings (SSSR count). The Kier molecular flexibility index (Phi) is 2.07. The Balaban J connectivity index is 1.91. The zero-order valence-corrected chi connectivity index (χ0v) is 10.3. The van der Waals surface area contributed by atoms with E-state index in [1.807, 2.05) is 12.1 Å². The van der Waals surface area contributed by atoms with E-state index in [0.717, 1.165) is 0 Å². The average Bonchev–Trinajstić information content (AvgIpc) is 2.72. The number of hydrogen-bond donors (Lipinski definition) is 0. The molecular weight excluding hydrogens is 240 g/mol. The van der Waals surface area contributed by atoms with Crippen LogP contribution in [-0.2, 0) is 27.2 Å². The van der Waals surface area contributed by atoms with Crippen molar-refractivity contribution >= 4 is 22.7 Å². The van der Waals surface area contributed by atoms with Gasteiger partial charge in [-0.1, -0.05) is 36.4 Å². The molecule has 19 heavy (non-hydrogen) atoms. The van der Waals surface area contributed by atoms with Crippen molar-refractivity contribution in [1.29, 1.82) is 0 Å². The van der Waals surface area contributed by atoms with E-state index in [-0.39, 0.29) is 23.8 Å². The van der Waals surface area contributed by atoms with E-state index in [9.17, 15) is 9.59 Å². The molecule has 1 saturated heterocycles. The van der Waals surface area contributed by atoms with E-state index < -0.39 is 0 Å². The van der Waals surface area contributed by atoms with Crippen molar-refractivity contribution in [1.82, 2.24) is 0 Å². The fourth-order valence-electron chi connectivity index (χ4n) is 3.30. The number of cyclic esters (lactones) is 2. The Morgan fingerprint density at radius 3 is 2.47 bits per heavy atom. The van der Waals surface area contributed by atoms with Crippen LogP contribution in [-0.4, -0.2) is 11.9 Å². The second-order valence-electron chi connectivity index (χ2n) is 5.29. The van der Waals surface area contributed by atoms with Crippen LogP contribution in [0.2, 0.25) is 0 Å². The third-order valence-electron chi connectivity index (χ3n) is 4.29. The lowest BCUT2D eigenvalue weighted by Gasteiger charge is -2.24. The first-order chi connectivity index (χ1) is 9.24. The van der Waals surface area contributed by atoms with Crippen LogP contribution in [0.15, 0.2) is 36.4 Å². The molecule has 3 nitrogen and oxygen atoms in total. The lowest BCUT2D eigenvalue weighted by atomic mass is 9.76. The fraction of sp³-hybridized carbons (Fsp3) is 0.250. The minimum Gasteiger partial charge on any atom is -0.393 e. The SMILES string of the molecule is O=C1OC(=O)[C@@H]2Cc3c(ccc4ccccc34)C[C@H]12. The van der Waals surface area contributed by atoms with Crippen LogP contribution in [0, 0.1) is 11.8 Å². The predicted molar refractivity (Wildman–Crippen MR) is 69.4 cm³/mol. The third kappa shape index (κ3) is 1.44. The minimum absolute atomic E-state index is 0.277. The van der Waals surface area contributed by atoms with Crippen LogP contribution in [0.4, 0.5) is 0 Å². The minimum atomic E-state index is -0.353. The first-order valence-corrected chi connectivity index (χ1v) is 6.49. The summed E-state index contributed by atoms with van der Waals surface area (Å²) in [5, 5.41) is 2.36. The maximum absolute atomic E-state index is 11.7. The smallest absolute Gasteiger partial charge is 0.317 e. The number of fused-ring (bicyclic) bond motifs is 4. The summed E-state index contributed by atoms with van der Waals surface area (Å²) >= 11 is 0. The molecule has 2 aromatic rings. The van der Waals surface area contributed by atoms with E-state index in [4.69, 9.17) is 4.74 Å². The Hall–Kier alpha value is -2.16. The van der Waals surface area contributed by atoms with Crippen molar-refractivity contribution in [2.75, 3.05) is 0 Å². The van der Waals surface area contributed by atoms with E-state index in [2.05, 4.69) is 24.3 Å². The zero-order chi connectivity index (χ0) is 13.0. The fourth-order valence-corrected chi connectivity index (χ4v) is 3.30. The largest absolute Gasteiger partial charge is 0.393 e. The number of hydrogen-bond acceptors (Lipinski definition) is 3. The Labute approximate surface area is 110 Å². The second kappa shape index (κ2) is 3.67. The van der Waals surface area contributed by atoms with Gasteiger partial charge in [0, 0.05) is 0 Å². The highest BCUT2D eigenvalue weighted by Gasteiger charge is 2.46. The molecule has 0 bridgehead atoms. The summed E-state index contributed by atoms with van der Waals surface area (Å²) in [7, 11) is 0. The monoisotopic (exact) mass is 252 g/mol. The maximum atomic E-state index is 11.7. The van der Waals surface area contributed by atoms with Gasteiger partial charge in [0.15, 0.2) is 0 Å². The summed E-state index contributed by atoms with van der Waals surface area (Å²) in [4.78, 5) is 23.4. The van der Waals surface area contributed by atoms with Crippen LogP contribution in [0.1, 0.15) is 11.1 Å². The molecule has 2 atom stereocenters. The standard InChI is InChI=1S/C16H12O3/c17-15-13-7-10-6-5-9-3-1-2-4-11(9)12(10)8-14(13)16(18)19-15/h1-6,13-14H,7-8H2/t13-,14+/m0/s1. The second-order valence-corrected chi connectivity index (χ2v) is 5.29. The molecule has 0 aromatic heterocycles. The summed E-state index contributed by atoms with van der Waals surface area (Å²) in [5.74, 6) is -1.27. The summed E-state index contributed by atoms with van der Waals surface area (Å²) in [6.45, 7) is 0. The van der Waals surface area contributed by atoms with Crippen LogP contribution in [0.3, 0.4) is 0 Å². The van der Waals surface area contributed by atoms with Crippen molar-refractivity contribution in [3.05, 3.63) is 47.5 Å². The quantitative estimate of drug-likeness (QED) is 0.533. The highest BCUT2D eigenvalue weighted by atomic mass is 16.6. The van der Waals surface area contributed by atoms with Gasteiger partial charge in [-0.25, -0.2) is 0 Å². The Morgan fingerprint density at radius 1 is 0.895 bits per heavy atom. The van der Waals surface area contributed by atoms with Gasteiger partial charge in [0.2, 0.25) is 0 Å². The number of esters is 2. The Morgan fingerprint density at radius 2 is 1.63 bits per heavy atom. The van der Waals surface area contributed by atoms with Crippen molar-refractivity contribution in [3.63, 3.8) is 0 Å². The van der Waals surface area contributed by atoms with Crippen molar-refractivity contribution in [3.8, 4) is 0 Å². The predicted octanol–water partition coefficient (Wildman–Crippen LogP) is 2.25. The lowest BCUT2D eigenvalue weighted by Crippen LogP contribution is -2.27. The summed E-state index contributed by atoms with van der Waals surface area (Å²) in [5.41, 5.74) is 2.37. The maximum Gasteiger partial charge on any atom is 0.317 e. The molecule has 0 amide bonds. The van der Waals surface area contributed by atoms with E-state index in [0.29, 0.717) is 12.8 Å². The van der Waals surface area contributed by atoms with Gasteiger partial charge >= 0.3 is 11.9 Å². The molecule has 1 heterocycles. The van der Waals surface area contributed by atoms with Crippen molar-refractivity contribution in [2.45, 2.75) is 12.8 Å². The number of ether oxygens (including phenoxy) is 1. The lowest BCUT2D eigenvalue weighted by molar-refractivity contribution is -0.153. The third-order valence-corrected chi connectivity index (χ3v) is 4.29. The normalized spacial score (nSPS) is 25.1. The van der Waals surface area contributed by atoms with Crippen LogP contribution >= 0.6 is 0 Å². The van der Waals surface area contributed by atoms with Crippen LogP contribution in [0.25, 0.3) is 10.8 Å². The first-order valence-electron chi connectivity index (χ1n) is 6.49. The number of benzene rings is 2. The average molecular weight is 252 g/mol. The van der Waals surface area contributed by atoms with Gasteiger partial charge in [-0.3, -0.25) is 9.59 Å². The molecule has 0 unspecified atom stereocenters. The van der Waals surface area contributed by atoms with Gasteiger partial charge in [0.1, 0.15) is 0 Å². The highest BCUT2D eigenvalue weighted by molar-refractivity contribution is 5.98. The number of carbonyl (C=O) groups is 2. The van der Waals surface area contributed by atoms with Gasteiger partial charge in [0.05, 0.1) is 11.8 Å². The molecular formula is C16H12O3. The van der Waals surface area contributed by atoms with E-state index in [1.165, 1.54) is 21.9 Å². The van der Waals surface area contributed by atoms with E-state index >= 15 is 0 Å². The van der Waals surface area contributed by atoms with Gasteiger partial charge in [-0.2, -0.15) is 0 Å². The molecule has 0 saturated carbocycles. The number of rotatable bonds is 0. The summed E-state index contributed by atoms with van der Waals surface area (Å²) in [6.07, 6.45) is 1.24. The zero-order valence-electron chi connectivity index (χ0n) is 10.3. The molecule has 0 spiro atoms. The molecule has 3 heteroatoms. The summed E-state index contributed by atoms with van der Waals surface area (Å²) < 4.78 is 4.77. The molecule has 94 valence electrons.